The van der Waals surface area contributed by atoms with Crippen molar-refractivity contribution in [1.82, 2.24) is 14.9 Å². The molecule has 0 radical (unpaired) electrons. The van der Waals surface area contributed by atoms with Crippen LogP contribution in [0.1, 0.15) is 31.2 Å². The van der Waals surface area contributed by atoms with Crippen molar-refractivity contribution in [3.05, 3.63) is 47.3 Å². The highest BCUT2D eigenvalue weighted by atomic mass is 32.2. The minimum Gasteiger partial charge on any atom is -0.496 e. The summed E-state index contributed by atoms with van der Waals surface area (Å²) in [6.07, 6.45) is 2.95. The van der Waals surface area contributed by atoms with Gasteiger partial charge in [0.1, 0.15) is 9.96 Å². The molecule has 2 N–H and O–H groups in total. The Labute approximate surface area is 186 Å². The molecular weight excluding hydrogens is 438 g/mol. The number of para-hydroxylation sites is 1. The Kier molecular flexibility index (Phi) is 8.05. The molecule has 0 spiro atoms. The summed E-state index contributed by atoms with van der Waals surface area (Å²) in [6.45, 7) is 0.867. The van der Waals surface area contributed by atoms with Crippen LogP contribution in [0.15, 0.2) is 46.0 Å². The van der Waals surface area contributed by atoms with Gasteiger partial charge in [0, 0.05) is 31.2 Å². The van der Waals surface area contributed by atoms with E-state index in [-0.39, 0.29) is 19.1 Å². The molecule has 8 nitrogen and oxygen atoms in total. The number of carbonyl (C=O) groups excluding carboxylic acids is 2. The molecule has 0 unspecified atom stereocenters. The van der Waals surface area contributed by atoms with E-state index < -0.39 is 21.8 Å². The minimum absolute atomic E-state index is 0.172. The zero-order valence-electron chi connectivity index (χ0n) is 17.4. The predicted octanol–water partition coefficient (Wildman–Crippen LogP) is 2.12. The molecular formula is C21H27N3O5S2. The van der Waals surface area contributed by atoms with Gasteiger partial charge in [0.05, 0.1) is 7.11 Å². The molecule has 0 bridgehead atoms. The van der Waals surface area contributed by atoms with Crippen LogP contribution in [-0.2, 0) is 26.2 Å². The summed E-state index contributed by atoms with van der Waals surface area (Å²) in [5.74, 6) is -0.844. The van der Waals surface area contributed by atoms with Gasteiger partial charge in [0.2, 0.25) is 0 Å². The fourth-order valence-electron chi connectivity index (χ4n) is 3.64. The normalized spacial score (nSPS) is 17.1. The summed E-state index contributed by atoms with van der Waals surface area (Å²) in [4.78, 5) is 24.2. The third-order valence-corrected chi connectivity index (χ3v) is 8.56. The first kappa shape index (κ1) is 23.2. The molecule has 10 heteroatoms. The van der Waals surface area contributed by atoms with Crippen molar-refractivity contribution in [1.29, 1.82) is 0 Å². The lowest BCUT2D eigenvalue weighted by molar-refractivity contribution is -0.139. The molecule has 2 aromatic rings. The van der Waals surface area contributed by atoms with Crippen LogP contribution in [0, 0.1) is 0 Å². The van der Waals surface area contributed by atoms with Crippen LogP contribution in [-0.4, -0.2) is 50.8 Å². The van der Waals surface area contributed by atoms with E-state index in [2.05, 4.69) is 10.6 Å². The Bertz CT molecular complexity index is 992. The number of benzene rings is 1. The monoisotopic (exact) mass is 465 g/mol. The van der Waals surface area contributed by atoms with Gasteiger partial charge in [-0.25, -0.2) is 8.42 Å². The van der Waals surface area contributed by atoms with Crippen molar-refractivity contribution < 1.29 is 22.7 Å². The highest BCUT2D eigenvalue weighted by molar-refractivity contribution is 7.91. The minimum atomic E-state index is -3.53. The van der Waals surface area contributed by atoms with E-state index in [0.717, 1.165) is 24.8 Å². The molecule has 1 aromatic carbocycles. The van der Waals surface area contributed by atoms with Gasteiger partial charge in [-0.1, -0.05) is 30.7 Å². The average Bonchev–Trinajstić information content (AvgIpc) is 3.34. The van der Waals surface area contributed by atoms with Gasteiger partial charge in [-0.05, 0) is 36.8 Å². The number of ether oxygens (including phenoxy) is 1. The number of piperidine rings is 1. The SMILES string of the molecule is COc1ccccc1CNC(=O)C(=O)NCC[C@H]1CCCCN1S(=O)(=O)c1cccs1. The van der Waals surface area contributed by atoms with Gasteiger partial charge in [-0.15, -0.1) is 11.3 Å². The molecule has 1 saturated heterocycles. The molecule has 0 saturated carbocycles. The lowest BCUT2D eigenvalue weighted by Crippen LogP contribution is -2.46. The van der Waals surface area contributed by atoms with Crippen molar-refractivity contribution in [3.8, 4) is 5.75 Å². The molecule has 3 rings (SSSR count). The van der Waals surface area contributed by atoms with E-state index in [1.165, 1.54) is 15.6 Å². The molecule has 1 aliphatic rings. The number of nitrogens with one attached hydrogen (secondary N) is 2. The Hall–Kier alpha value is -2.43. The third-order valence-electron chi connectivity index (χ3n) is 5.23. The molecule has 168 valence electrons. The van der Waals surface area contributed by atoms with Crippen LogP contribution in [0.3, 0.4) is 0 Å². The number of methoxy groups -OCH3 is 1. The second-order valence-corrected chi connectivity index (χ2v) is 10.3. The van der Waals surface area contributed by atoms with Crippen LogP contribution in [0.5, 0.6) is 5.75 Å². The van der Waals surface area contributed by atoms with Gasteiger partial charge < -0.3 is 15.4 Å². The first-order valence-corrected chi connectivity index (χ1v) is 12.5. The van der Waals surface area contributed by atoms with Crippen LogP contribution in [0.25, 0.3) is 0 Å². The fraction of sp³-hybridized carbons (Fsp3) is 0.429. The zero-order valence-corrected chi connectivity index (χ0v) is 19.0. The number of thiophene rings is 1. The van der Waals surface area contributed by atoms with Gasteiger partial charge >= 0.3 is 11.8 Å². The van der Waals surface area contributed by atoms with Gasteiger partial charge in [0.15, 0.2) is 0 Å². The standard InChI is InChI=1S/C21H27N3O5S2/c1-29-18-9-3-2-7-16(18)15-23-21(26)20(25)22-12-11-17-8-4-5-13-24(17)31(27,28)19-10-6-14-30-19/h2-3,6-7,9-10,14,17H,4-5,8,11-13,15H2,1H3,(H,22,25)(H,23,26)/t17-/m1/s1. The largest absolute Gasteiger partial charge is 0.496 e. The van der Waals surface area contributed by atoms with Crippen molar-refractivity contribution in [2.24, 2.45) is 0 Å². The summed E-state index contributed by atoms with van der Waals surface area (Å²) in [7, 11) is -1.99. The number of rotatable bonds is 8. The van der Waals surface area contributed by atoms with Crippen LogP contribution in [0.4, 0.5) is 0 Å². The van der Waals surface area contributed by atoms with Crippen molar-refractivity contribution in [2.75, 3.05) is 20.2 Å². The first-order valence-electron chi connectivity index (χ1n) is 10.2. The van der Waals surface area contributed by atoms with Crippen molar-refractivity contribution >= 4 is 33.2 Å². The quantitative estimate of drug-likeness (QED) is 0.581. The van der Waals surface area contributed by atoms with E-state index in [1.54, 1.807) is 30.7 Å². The molecule has 1 aromatic heterocycles. The molecule has 1 atom stereocenters. The van der Waals surface area contributed by atoms with E-state index in [0.29, 0.717) is 22.9 Å². The lowest BCUT2D eigenvalue weighted by atomic mass is 10.0. The Morgan fingerprint density at radius 2 is 1.90 bits per heavy atom. The second-order valence-electron chi connectivity index (χ2n) is 7.24. The number of nitrogens with zero attached hydrogens (tertiary/aromatic N) is 1. The topological polar surface area (TPSA) is 105 Å². The molecule has 2 amide bonds. The number of amides is 2. The maximum atomic E-state index is 12.9. The number of hydrogen-bond donors (Lipinski definition) is 2. The van der Waals surface area contributed by atoms with E-state index in [9.17, 15) is 18.0 Å². The number of carbonyl (C=O) groups is 2. The van der Waals surface area contributed by atoms with Gasteiger partial charge in [-0.3, -0.25) is 9.59 Å². The zero-order chi connectivity index (χ0) is 22.3. The Balaban J connectivity index is 1.50. The predicted molar refractivity (Wildman–Crippen MR) is 118 cm³/mol. The molecule has 31 heavy (non-hydrogen) atoms. The van der Waals surface area contributed by atoms with Crippen molar-refractivity contribution in [3.63, 3.8) is 0 Å². The van der Waals surface area contributed by atoms with Crippen LogP contribution >= 0.6 is 11.3 Å². The lowest BCUT2D eigenvalue weighted by Gasteiger charge is -2.34. The Morgan fingerprint density at radius 3 is 2.65 bits per heavy atom. The van der Waals surface area contributed by atoms with Crippen LogP contribution in [0.2, 0.25) is 0 Å². The third kappa shape index (κ3) is 5.84. The Morgan fingerprint density at radius 1 is 1.13 bits per heavy atom. The molecule has 1 aliphatic heterocycles. The summed E-state index contributed by atoms with van der Waals surface area (Å²) in [5.41, 5.74) is 0.766. The van der Waals surface area contributed by atoms with Gasteiger partial charge in [-0.2, -0.15) is 4.31 Å². The summed E-state index contributed by atoms with van der Waals surface area (Å²) >= 11 is 1.20. The molecule has 2 heterocycles. The van der Waals surface area contributed by atoms with Gasteiger partial charge in [0.25, 0.3) is 10.0 Å². The molecule has 0 aliphatic carbocycles. The first-order chi connectivity index (χ1) is 14.9. The van der Waals surface area contributed by atoms with Crippen LogP contribution < -0.4 is 15.4 Å². The second kappa shape index (κ2) is 10.7. The van der Waals surface area contributed by atoms with E-state index in [4.69, 9.17) is 4.74 Å². The highest BCUT2D eigenvalue weighted by Crippen LogP contribution is 2.29. The number of sulfonamides is 1. The molecule has 1 fully saturated rings. The van der Waals surface area contributed by atoms with E-state index >= 15 is 0 Å². The van der Waals surface area contributed by atoms with E-state index in [1.807, 2.05) is 18.2 Å². The highest BCUT2D eigenvalue weighted by Gasteiger charge is 2.33. The summed E-state index contributed by atoms with van der Waals surface area (Å²) < 4.78 is 32.9. The maximum absolute atomic E-state index is 12.9. The maximum Gasteiger partial charge on any atom is 0.309 e. The fourth-order valence-corrected chi connectivity index (χ4v) is 6.49. The smallest absolute Gasteiger partial charge is 0.309 e. The average molecular weight is 466 g/mol. The van der Waals surface area contributed by atoms with Crippen molar-refractivity contribution in [2.45, 2.75) is 42.5 Å². The number of hydrogen-bond acceptors (Lipinski definition) is 6. The summed E-state index contributed by atoms with van der Waals surface area (Å²) in [6, 6.07) is 10.4. The summed E-state index contributed by atoms with van der Waals surface area (Å²) in [5, 5.41) is 6.92.